The van der Waals surface area contributed by atoms with Gasteiger partial charge < -0.3 is 0 Å². The van der Waals surface area contributed by atoms with Gasteiger partial charge in [-0.25, -0.2) is 4.39 Å². The van der Waals surface area contributed by atoms with E-state index in [1.807, 2.05) is 13.8 Å². The summed E-state index contributed by atoms with van der Waals surface area (Å²) in [4.78, 5) is 0. The topological polar surface area (TPSA) is 25.8 Å². The van der Waals surface area contributed by atoms with Crippen molar-refractivity contribution < 1.29 is 8.78 Å². The van der Waals surface area contributed by atoms with Crippen molar-refractivity contribution in [1.82, 2.24) is 10.2 Å². The lowest BCUT2D eigenvalue weighted by atomic mass is 10.3. The molecule has 0 radical (unpaired) electrons. The first-order chi connectivity index (χ1) is 5.22. The number of hydrogen-bond donors (Lipinski definition) is 0. The summed E-state index contributed by atoms with van der Waals surface area (Å²) >= 11 is 0. The third-order valence-electron chi connectivity index (χ3n) is 0.984. The molecule has 0 unspecified atom stereocenters. The molecule has 1 heterocycles. The molecule has 62 valence electrons. The third kappa shape index (κ3) is 2.57. The fourth-order valence-corrected chi connectivity index (χ4v) is 0.401. The molecule has 0 bridgehead atoms. The highest BCUT2D eigenvalue weighted by Crippen LogP contribution is 2.03. The molecule has 0 fully saturated rings. The molecule has 1 aromatic heterocycles. The maximum absolute atomic E-state index is 12.2. The SMILES string of the molecule is CC.Cc1c(F)cnnc1F. The monoisotopic (exact) mass is 160 g/mol. The van der Waals surface area contributed by atoms with Gasteiger partial charge in [0.15, 0.2) is 5.82 Å². The van der Waals surface area contributed by atoms with Crippen LogP contribution in [-0.4, -0.2) is 10.2 Å². The zero-order valence-electron chi connectivity index (χ0n) is 6.73. The Labute approximate surface area is 64.3 Å². The predicted octanol–water partition coefficient (Wildman–Crippen LogP) is 2.09. The van der Waals surface area contributed by atoms with Crippen molar-refractivity contribution in [2.24, 2.45) is 0 Å². The van der Waals surface area contributed by atoms with Crippen LogP contribution in [0, 0.1) is 18.7 Å². The zero-order chi connectivity index (χ0) is 8.85. The van der Waals surface area contributed by atoms with Gasteiger partial charge in [0.2, 0.25) is 5.95 Å². The fraction of sp³-hybridized carbons (Fsp3) is 0.429. The Bertz CT molecular complexity index is 205. The average Bonchev–Trinajstić information content (AvgIpc) is 2.04. The van der Waals surface area contributed by atoms with Crippen molar-refractivity contribution >= 4 is 0 Å². The summed E-state index contributed by atoms with van der Waals surface area (Å²) in [6.07, 6.45) is 0.873. The lowest BCUT2D eigenvalue weighted by molar-refractivity contribution is 0.515. The van der Waals surface area contributed by atoms with Crippen LogP contribution in [0.2, 0.25) is 0 Å². The van der Waals surface area contributed by atoms with Crippen molar-refractivity contribution in [3.05, 3.63) is 23.5 Å². The number of nitrogens with zero attached hydrogens (tertiary/aromatic N) is 2. The molecule has 0 aliphatic rings. The minimum absolute atomic E-state index is 0.0926. The molecule has 11 heavy (non-hydrogen) atoms. The highest BCUT2D eigenvalue weighted by Gasteiger charge is 2.02. The molecule has 0 aromatic carbocycles. The number of hydrogen-bond acceptors (Lipinski definition) is 2. The molecule has 0 aliphatic heterocycles. The highest BCUT2D eigenvalue weighted by atomic mass is 19.1. The smallest absolute Gasteiger partial charge is 0.205 e. The summed E-state index contributed by atoms with van der Waals surface area (Å²) in [5.41, 5.74) is -0.0926. The van der Waals surface area contributed by atoms with Crippen LogP contribution in [0.1, 0.15) is 19.4 Å². The number of rotatable bonds is 0. The van der Waals surface area contributed by atoms with E-state index in [1.54, 1.807) is 0 Å². The molecule has 0 N–H and O–H groups in total. The Morgan fingerprint density at radius 3 is 2.18 bits per heavy atom. The van der Waals surface area contributed by atoms with Gasteiger partial charge in [-0.1, -0.05) is 13.8 Å². The number of aromatic nitrogens is 2. The van der Waals surface area contributed by atoms with E-state index in [1.165, 1.54) is 6.92 Å². The summed E-state index contributed by atoms with van der Waals surface area (Å²) in [6, 6.07) is 0. The molecule has 1 aromatic rings. The molecular weight excluding hydrogens is 150 g/mol. The number of halogens is 2. The van der Waals surface area contributed by atoms with Crippen molar-refractivity contribution in [1.29, 1.82) is 0 Å². The third-order valence-corrected chi connectivity index (χ3v) is 0.984. The van der Waals surface area contributed by atoms with Crippen molar-refractivity contribution in [3.8, 4) is 0 Å². The molecule has 4 heteroatoms. The van der Waals surface area contributed by atoms with Crippen LogP contribution in [0.5, 0.6) is 0 Å². The van der Waals surface area contributed by atoms with E-state index in [9.17, 15) is 8.78 Å². The normalized spacial score (nSPS) is 8.45. The molecule has 1 rings (SSSR count). The van der Waals surface area contributed by atoms with Crippen LogP contribution in [0.4, 0.5) is 8.78 Å². The van der Waals surface area contributed by atoms with Crippen molar-refractivity contribution in [2.75, 3.05) is 0 Å². The van der Waals surface area contributed by atoms with E-state index in [4.69, 9.17) is 0 Å². The van der Waals surface area contributed by atoms with Crippen molar-refractivity contribution in [2.45, 2.75) is 20.8 Å². The Morgan fingerprint density at radius 2 is 1.82 bits per heavy atom. The molecule has 0 atom stereocenters. The molecule has 0 aliphatic carbocycles. The van der Waals surface area contributed by atoms with Gasteiger partial charge in [-0.3, -0.25) is 0 Å². The predicted molar refractivity (Wildman–Crippen MR) is 38.0 cm³/mol. The molecule has 2 nitrogen and oxygen atoms in total. The van der Waals surface area contributed by atoms with E-state index in [2.05, 4.69) is 10.2 Å². The van der Waals surface area contributed by atoms with Crippen LogP contribution in [-0.2, 0) is 0 Å². The molecule has 0 saturated carbocycles. The maximum atomic E-state index is 12.2. The second kappa shape index (κ2) is 4.71. The summed E-state index contributed by atoms with van der Waals surface area (Å²) in [7, 11) is 0. The van der Waals surface area contributed by atoms with E-state index < -0.39 is 11.8 Å². The Morgan fingerprint density at radius 1 is 1.27 bits per heavy atom. The second-order valence-electron chi connectivity index (χ2n) is 1.61. The standard InChI is InChI=1S/C5H4F2N2.C2H6/c1-3-4(6)2-8-9-5(3)7;1-2/h2H,1H3;1-2H3. The quantitative estimate of drug-likeness (QED) is 0.580. The largest absolute Gasteiger partial charge is 0.239 e. The molecular formula is C7H10F2N2. The van der Waals surface area contributed by atoms with Crippen LogP contribution in [0.15, 0.2) is 6.20 Å². The van der Waals surface area contributed by atoms with E-state index >= 15 is 0 Å². The van der Waals surface area contributed by atoms with Crippen molar-refractivity contribution in [3.63, 3.8) is 0 Å². The summed E-state index contributed by atoms with van der Waals surface area (Å²) in [6.45, 7) is 5.30. The van der Waals surface area contributed by atoms with Crippen LogP contribution in [0.25, 0.3) is 0 Å². The second-order valence-corrected chi connectivity index (χ2v) is 1.61. The minimum Gasteiger partial charge on any atom is -0.205 e. The summed E-state index contributed by atoms with van der Waals surface area (Å²) in [5.74, 6) is -1.52. The van der Waals surface area contributed by atoms with Gasteiger partial charge in [0.05, 0.1) is 6.20 Å². The van der Waals surface area contributed by atoms with Crippen LogP contribution in [0.3, 0.4) is 0 Å². The first kappa shape index (κ1) is 9.94. The minimum atomic E-state index is -0.852. The van der Waals surface area contributed by atoms with Gasteiger partial charge in [-0.15, -0.1) is 5.10 Å². The van der Waals surface area contributed by atoms with E-state index in [-0.39, 0.29) is 5.56 Å². The highest BCUT2D eigenvalue weighted by molar-refractivity contribution is 5.06. The Hall–Kier alpha value is -1.06. The van der Waals surface area contributed by atoms with Gasteiger partial charge in [0.1, 0.15) is 0 Å². The first-order valence-corrected chi connectivity index (χ1v) is 3.35. The van der Waals surface area contributed by atoms with Gasteiger partial charge >= 0.3 is 0 Å². The molecule has 0 saturated heterocycles. The van der Waals surface area contributed by atoms with E-state index in [0.29, 0.717) is 0 Å². The molecule has 0 spiro atoms. The van der Waals surface area contributed by atoms with Gasteiger partial charge in [-0.2, -0.15) is 9.49 Å². The van der Waals surface area contributed by atoms with Gasteiger partial charge in [0.25, 0.3) is 0 Å². The zero-order valence-corrected chi connectivity index (χ0v) is 6.73. The van der Waals surface area contributed by atoms with E-state index in [0.717, 1.165) is 6.20 Å². The summed E-state index contributed by atoms with van der Waals surface area (Å²) in [5, 5.41) is 6.03. The Kier molecular flexibility index (Phi) is 4.26. The first-order valence-electron chi connectivity index (χ1n) is 3.35. The molecule has 0 amide bonds. The van der Waals surface area contributed by atoms with Crippen LogP contribution >= 0.6 is 0 Å². The average molecular weight is 160 g/mol. The van der Waals surface area contributed by atoms with Gasteiger partial charge in [-0.05, 0) is 6.92 Å². The van der Waals surface area contributed by atoms with Gasteiger partial charge in [0, 0.05) is 5.56 Å². The lowest BCUT2D eigenvalue weighted by Gasteiger charge is -1.91. The Balaban J connectivity index is 0.000000461. The lowest BCUT2D eigenvalue weighted by Crippen LogP contribution is -1.94. The maximum Gasteiger partial charge on any atom is 0.239 e. The van der Waals surface area contributed by atoms with Crippen LogP contribution < -0.4 is 0 Å². The summed E-state index contributed by atoms with van der Waals surface area (Å²) < 4.78 is 24.4. The fourth-order valence-electron chi connectivity index (χ4n) is 0.401.